The number of urea groups is 1. The summed E-state index contributed by atoms with van der Waals surface area (Å²) in [7, 11) is 0. The summed E-state index contributed by atoms with van der Waals surface area (Å²) < 4.78 is 26.7. The van der Waals surface area contributed by atoms with Crippen LogP contribution in [0, 0.1) is 17.6 Å². The fraction of sp³-hybridized carbons (Fsp3) is 0.429. The molecule has 0 saturated heterocycles. The van der Waals surface area contributed by atoms with E-state index in [0.29, 0.717) is 18.5 Å². The summed E-state index contributed by atoms with van der Waals surface area (Å²) in [4.78, 5) is 22.3. The van der Waals surface area contributed by atoms with Crippen LogP contribution in [-0.4, -0.2) is 23.7 Å². The van der Waals surface area contributed by atoms with Crippen LogP contribution in [0.2, 0.25) is 0 Å². The van der Waals surface area contributed by atoms with Crippen LogP contribution in [-0.2, 0) is 0 Å². The van der Waals surface area contributed by atoms with Gasteiger partial charge < -0.3 is 15.7 Å². The molecule has 0 fully saturated rings. The Bertz CT molecular complexity index is 533. The van der Waals surface area contributed by atoms with E-state index in [4.69, 9.17) is 5.11 Å². The molecule has 1 aromatic rings. The summed E-state index contributed by atoms with van der Waals surface area (Å²) in [5, 5.41) is 13.4. The third-order valence-corrected chi connectivity index (χ3v) is 2.78. The molecule has 1 aromatic carbocycles. The summed E-state index contributed by atoms with van der Waals surface area (Å²) in [6.45, 7) is 4.53. The van der Waals surface area contributed by atoms with Gasteiger partial charge in [-0.3, -0.25) is 0 Å². The third-order valence-electron chi connectivity index (χ3n) is 2.78. The molecular weight excluding hydrogens is 282 g/mol. The van der Waals surface area contributed by atoms with Crippen molar-refractivity contribution in [1.82, 2.24) is 5.32 Å². The Kier molecular flexibility index (Phi) is 6.08. The molecule has 0 bridgehead atoms. The van der Waals surface area contributed by atoms with Gasteiger partial charge in [0.1, 0.15) is 11.6 Å². The number of carboxylic acid groups (broad SMARTS) is 1. The molecule has 2 amide bonds. The molecule has 116 valence electrons. The first kappa shape index (κ1) is 16.9. The summed E-state index contributed by atoms with van der Waals surface area (Å²) in [5.41, 5.74) is -1.08. The van der Waals surface area contributed by atoms with Gasteiger partial charge in [-0.1, -0.05) is 13.8 Å². The van der Waals surface area contributed by atoms with Crippen molar-refractivity contribution in [2.45, 2.75) is 26.7 Å². The highest BCUT2D eigenvalue weighted by Gasteiger charge is 2.16. The maximum absolute atomic E-state index is 13.5. The van der Waals surface area contributed by atoms with Gasteiger partial charge in [-0.15, -0.1) is 0 Å². The Balaban J connectivity index is 2.63. The minimum atomic E-state index is -1.53. The van der Waals surface area contributed by atoms with Crippen LogP contribution in [0.4, 0.5) is 19.3 Å². The summed E-state index contributed by atoms with van der Waals surface area (Å²) in [6.07, 6.45) is 1.71. The summed E-state index contributed by atoms with van der Waals surface area (Å²) in [5.74, 6) is -3.24. The molecule has 0 spiro atoms. The van der Waals surface area contributed by atoms with Gasteiger partial charge in [-0.25, -0.2) is 18.4 Å². The fourth-order valence-corrected chi connectivity index (χ4v) is 1.69. The van der Waals surface area contributed by atoms with Crippen molar-refractivity contribution in [2.75, 3.05) is 11.9 Å². The highest BCUT2D eigenvalue weighted by molar-refractivity contribution is 5.93. The van der Waals surface area contributed by atoms with E-state index >= 15 is 0 Å². The Morgan fingerprint density at radius 2 is 1.90 bits per heavy atom. The molecule has 0 aliphatic rings. The lowest BCUT2D eigenvalue weighted by molar-refractivity contribution is 0.0692. The zero-order valence-electron chi connectivity index (χ0n) is 11.9. The highest BCUT2D eigenvalue weighted by Crippen LogP contribution is 2.19. The van der Waals surface area contributed by atoms with E-state index in [1.165, 1.54) is 0 Å². The minimum absolute atomic E-state index is 0.379. The number of rotatable bonds is 6. The lowest BCUT2D eigenvalue weighted by Gasteiger charge is -2.10. The number of aromatic carboxylic acids is 1. The van der Waals surface area contributed by atoms with Crippen molar-refractivity contribution in [2.24, 2.45) is 5.92 Å². The molecule has 3 N–H and O–H groups in total. The van der Waals surface area contributed by atoms with Crippen LogP contribution in [0.15, 0.2) is 12.1 Å². The first-order valence-corrected chi connectivity index (χ1v) is 6.58. The van der Waals surface area contributed by atoms with Crippen LogP contribution in [0.5, 0.6) is 0 Å². The number of nitrogens with one attached hydrogen (secondary N) is 2. The van der Waals surface area contributed by atoms with Crippen LogP contribution >= 0.6 is 0 Å². The standard InChI is InChI=1S/C14H18F2N2O3/c1-8(2)4-3-5-17-14(21)18-12-6-9(13(19)20)10(15)7-11(12)16/h6-8H,3-5H2,1-2H3,(H,19,20)(H2,17,18,21). The van der Waals surface area contributed by atoms with Crippen molar-refractivity contribution in [3.63, 3.8) is 0 Å². The van der Waals surface area contributed by atoms with Gasteiger partial charge in [0, 0.05) is 12.6 Å². The molecule has 0 aromatic heterocycles. The molecule has 0 radical (unpaired) electrons. The molecular formula is C14H18F2N2O3. The van der Waals surface area contributed by atoms with E-state index in [1.807, 2.05) is 0 Å². The smallest absolute Gasteiger partial charge is 0.338 e. The molecule has 0 saturated carbocycles. The van der Waals surface area contributed by atoms with E-state index in [-0.39, 0.29) is 5.69 Å². The van der Waals surface area contributed by atoms with Gasteiger partial charge in [-0.05, 0) is 24.8 Å². The van der Waals surface area contributed by atoms with Crippen molar-refractivity contribution < 1.29 is 23.5 Å². The molecule has 7 heteroatoms. The Hall–Kier alpha value is -2.18. The van der Waals surface area contributed by atoms with Crippen LogP contribution < -0.4 is 10.6 Å². The predicted octanol–water partition coefficient (Wildman–Crippen LogP) is 3.22. The number of halogens is 2. The number of anilines is 1. The monoisotopic (exact) mass is 300 g/mol. The molecule has 0 heterocycles. The van der Waals surface area contributed by atoms with E-state index in [2.05, 4.69) is 24.5 Å². The van der Waals surface area contributed by atoms with Crippen molar-refractivity contribution in [1.29, 1.82) is 0 Å². The van der Waals surface area contributed by atoms with Gasteiger partial charge in [0.25, 0.3) is 0 Å². The molecule has 5 nitrogen and oxygen atoms in total. The molecule has 0 atom stereocenters. The average molecular weight is 300 g/mol. The Morgan fingerprint density at radius 3 is 2.48 bits per heavy atom. The molecule has 0 aliphatic carbocycles. The summed E-state index contributed by atoms with van der Waals surface area (Å²) >= 11 is 0. The number of hydrogen-bond acceptors (Lipinski definition) is 2. The SMILES string of the molecule is CC(C)CCCNC(=O)Nc1cc(C(=O)O)c(F)cc1F. The first-order valence-electron chi connectivity index (χ1n) is 6.58. The largest absolute Gasteiger partial charge is 0.478 e. The number of benzene rings is 1. The van der Waals surface area contributed by atoms with E-state index < -0.39 is 29.2 Å². The Morgan fingerprint density at radius 1 is 1.24 bits per heavy atom. The normalized spacial score (nSPS) is 10.5. The topological polar surface area (TPSA) is 78.4 Å². The number of amides is 2. The van der Waals surface area contributed by atoms with Crippen molar-refractivity contribution >= 4 is 17.7 Å². The molecule has 0 unspecified atom stereocenters. The quantitative estimate of drug-likeness (QED) is 0.706. The molecule has 1 rings (SSSR count). The minimum Gasteiger partial charge on any atom is -0.478 e. The second-order valence-electron chi connectivity index (χ2n) is 5.03. The summed E-state index contributed by atoms with van der Waals surface area (Å²) in [6, 6.07) is 0.513. The second-order valence-corrected chi connectivity index (χ2v) is 5.03. The maximum atomic E-state index is 13.5. The average Bonchev–Trinajstić information content (AvgIpc) is 2.37. The van der Waals surface area contributed by atoms with Crippen molar-refractivity contribution in [3.8, 4) is 0 Å². The number of carbonyl (C=O) groups is 2. The van der Waals surface area contributed by atoms with E-state index in [0.717, 1.165) is 18.9 Å². The highest BCUT2D eigenvalue weighted by atomic mass is 19.1. The third kappa shape index (κ3) is 5.37. The van der Waals surface area contributed by atoms with Crippen molar-refractivity contribution in [3.05, 3.63) is 29.3 Å². The van der Waals surface area contributed by atoms with Gasteiger partial charge in [0.2, 0.25) is 0 Å². The van der Waals surface area contributed by atoms with Crippen LogP contribution in [0.3, 0.4) is 0 Å². The number of carboxylic acids is 1. The first-order chi connectivity index (χ1) is 9.81. The lowest BCUT2D eigenvalue weighted by Crippen LogP contribution is -2.30. The van der Waals surface area contributed by atoms with Gasteiger partial charge in [0.15, 0.2) is 0 Å². The zero-order chi connectivity index (χ0) is 16.0. The van der Waals surface area contributed by atoms with Crippen LogP contribution in [0.1, 0.15) is 37.0 Å². The van der Waals surface area contributed by atoms with Crippen LogP contribution in [0.25, 0.3) is 0 Å². The van der Waals surface area contributed by atoms with E-state index in [1.54, 1.807) is 0 Å². The number of hydrogen-bond donors (Lipinski definition) is 3. The Labute approximate surface area is 121 Å². The van der Waals surface area contributed by atoms with E-state index in [9.17, 15) is 18.4 Å². The fourth-order valence-electron chi connectivity index (χ4n) is 1.69. The van der Waals surface area contributed by atoms with Gasteiger partial charge >= 0.3 is 12.0 Å². The molecule has 21 heavy (non-hydrogen) atoms. The predicted molar refractivity (Wildman–Crippen MR) is 74.4 cm³/mol. The van der Waals surface area contributed by atoms with Gasteiger partial charge in [0.05, 0.1) is 11.3 Å². The second kappa shape index (κ2) is 7.56. The zero-order valence-corrected chi connectivity index (χ0v) is 11.9. The molecule has 0 aliphatic heterocycles. The lowest BCUT2D eigenvalue weighted by atomic mass is 10.1. The maximum Gasteiger partial charge on any atom is 0.338 e. The number of carbonyl (C=O) groups excluding carboxylic acids is 1. The van der Waals surface area contributed by atoms with Gasteiger partial charge in [-0.2, -0.15) is 0 Å².